The molecular formula is C41H50N8O6. The highest BCUT2D eigenvalue weighted by atomic mass is 16.5. The molecule has 2 aromatic heterocycles. The summed E-state index contributed by atoms with van der Waals surface area (Å²) in [7, 11) is 1.54. The molecule has 7 rings (SSSR count). The minimum Gasteiger partial charge on any atom is -0.491 e. The standard InChI is InChI=1S/C41H50N8O6/c1-25(2)18-31-24-55-32-15-12-28(13-16-32)20-34(45-40(53)30-14-17-37(51)48(4)22-30)41(54)42-26(3)39(52)44-33(19-27-8-6-5-7-9-27)38-46-35(21-29-10-11-29)47-49(38)23-36(50)43-31/h5-9,12-17,22,25-26,29,31,33-34H,10-11,18-21,23-24H2,1-4H3,(H,42,54)(H,43,50)(H,44,52)(H,45,53)/t26-,31+,33-,34+/m1/s1. The number of rotatable bonds is 8. The molecule has 290 valence electrons. The van der Waals surface area contributed by atoms with E-state index >= 15 is 0 Å². The molecule has 2 bridgehead atoms. The van der Waals surface area contributed by atoms with Crippen molar-refractivity contribution in [2.75, 3.05) is 6.61 Å². The average molecular weight is 751 g/mol. The van der Waals surface area contributed by atoms with Crippen LogP contribution >= 0.6 is 0 Å². The molecule has 55 heavy (non-hydrogen) atoms. The third kappa shape index (κ3) is 10.9. The highest BCUT2D eigenvalue weighted by Gasteiger charge is 2.31. The quantitative estimate of drug-likeness (QED) is 0.213. The summed E-state index contributed by atoms with van der Waals surface area (Å²) in [6.07, 6.45) is 5.41. The van der Waals surface area contributed by atoms with Gasteiger partial charge < -0.3 is 30.6 Å². The molecule has 0 spiro atoms. The summed E-state index contributed by atoms with van der Waals surface area (Å²) in [4.78, 5) is 71.9. The Kier molecular flexibility index (Phi) is 12.4. The summed E-state index contributed by atoms with van der Waals surface area (Å²) >= 11 is 0. The summed E-state index contributed by atoms with van der Waals surface area (Å²) in [6, 6.07) is 16.4. The van der Waals surface area contributed by atoms with Crippen molar-refractivity contribution in [2.24, 2.45) is 18.9 Å². The molecule has 0 radical (unpaired) electrons. The van der Waals surface area contributed by atoms with Crippen molar-refractivity contribution < 1.29 is 23.9 Å². The van der Waals surface area contributed by atoms with Gasteiger partial charge in [-0.1, -0.05) is 56.3 Å². The maximum Gasteiger partial charge on any atom is 0.253 e. The molecular weight excluding hydrogens is 701 g/mol. The molecule has 4 amide bonds. The highest BCUT2D eigenvalue weighted by molar-refractivity contribution is 5.98. The van der Waals surface area contributed by atoms with Crippen molar-refractivity contribution in [3.8, 4) is 5.75 Å². The number of nitrogens with zero attached hydrogens (tertiary/aromatic N) is 4. The van der Waals surface area contributed by atoms with E-state index in [-0.39, 0.29) is 48.6 Å². The van der Waals surface area contributed by atoms with Gasteiger partial charge >= 0.3 is 0 Å². The van der Waals surface area contributed by atoms with Crippen LogP contribution in [-0.4, -0.2) is 67.7 Å². The number of nitrogens with one attached hydrogen (secondary N) is 4. The van der Waals surface area contributed by atoms with Crippen LogP contribution in [0.3, 0.4) is 0 Å². The van der Waals surface area contributed by atoms with Crippen LogP contribution in [0.15, 0.2) is 77.7 Å². The predicted octanol–water partition coefficient (Wildman–Crippen LogP) is 2.80. The number of hydrogen-bond donors (Lipinski definition) is 4. The van der Waals surface area contributed by atoms with Gasteiger partial charge in [0.2, 0.25) is 23.3 Å². The summed E-state index contributed by atoms with van der Waals surface area (Å²) in [6.45, 7) is 5.86. The number of aromatic nitrogens is 4. The van der Waals surface area contributed by atoms with E-state index in [1.165, 1.54) is 29.9 Å². The van der Waals surface area contributed by atoms with Gasteiger partial charge in [-0.15, -0.1) is 0 Å². The van der Waals surface area contributed by atoms with Crippen molar-refractivity contribution in [2.45, 2.75) is 90.0 Å². The Bertz CT molecular complexity index is 2040. The van der Waals surface area contributed by atoms with E-state index in [9.17, 15) is 24.0 Å². The fourth-order valence-electron chi connectivity index (χ4n) is 6.66. The maximum absolute atomic E-state index is 14.0. The molecule has 4 atom stereocenters. The fraction of sp³-hybridized carbons (Fsp3) is 0.439. The van der Waals surface area contributed by atoms with Crippen molar-refractivity contribution in [3.63, 3.8) is 0 Å². The first-order chi connectivity index (χ1) is 26.4. The number of hydrogen-bond acceptors (Lipinski definition) is 8. The minimum atomic E-state index is -1.07. The lowest BCUT2D eigenvalue weighted by Gasteiger charge is -2.25. The molecule has 4 heterocycles. The molecule has 3 aliphatic rings. The van der Waals surface area contributed by atoms with Crippen LogP contribution in [0.2, 0.25) is 0 Å². The third-order valence-corrected chi connectivity index (χ3v) is 9.77. The Balaban J connectivity index is 1.34. The summed E-state index contributed by atoms with van der Waals surface area (Å²) in [5, 5.41) is 16.6. The van der Waals surface area contributed by atoms with Crippen LogP contribution in [-0.2, 0) is 47.2 Å². The number of carbonyl (C=O) groups is 4. The van der Waals surface area contributed by atoms with Gasteiger partial charge in [0.25, 0.3) is 5.91 Å². The fourth-order valence-corrected chi connectivity index (χ4v) is 6.66. The average Bonchev–Trinajstić information content (AvgIpc) is 3.88. The largest absolute Gasteiger partial charge is 0.491 e. The Morgan fingerprint density at radius 2 is 1.67 bits per heavy atom. The smallest absolute Gasteiger partial charge is 0.253 e. The Morgan fingerprint density at radius 1 is 0.927 bits per heavy atom. The van der Waals surface area contributed by atoms with Crippen molar-refractivity contribution in [1.29, 1.82) is 0 Å². The summed E-state index contributed by atoms with van der Waals surface area (Å²) in [5.74, 6) is 0.542. The molecule has 1 saturated carbocycles. The first kappa shape index (κ1) is 38.9. The molecule has 1 fully saturated rings. The van der Waals surface area contributed by atoms with Crippen LogP contribution in [0.1, 0.15) is 79.2 Å². The third-order valence-electron chi connectivity index (χ3n) is 9.77. The zero-order valence-electron chi connectivity index (χ0n) is 31.8. The zero-order chi connectivity index (χ0) is 39.1. The molecule has 4 N–H and O–H groups in total. The normalized spacial score (nSPS) is 21.1. The van der Waals surface area contributed by atoms with Gasteiger partial charge in [0.15, 0.2) is 11.6 Å². The first-order valence-electron chi connectivity index (χ1n) is 19.0. The van der Waals surface area contributed by atoms with E-state index in [0.29, 0.717) is 42.6 Å². The van der Waals surface area contributed by atoms with Crippen LogP contribution < -0.4 is 31.6 Å². The van der Waals surface area contributed by atoms with E-state index in [1.807, 2.05) is 30.3 Å². The Morgan fingerprint density at radius 3 is 2.36 bits per heavy atom. The second kappa shape index (κ2) is 17.6. The van der Waals surface area contributed by atoms with Gasteiger partial charge in [-0.25, -0.2) is 9.67 Å². The van der Waals surface area contributed by atoms with Crippen LogP contribution in [0.4, 0.5) is 0 Å². The van der Waals surface area contributed by atoms with E-state index in [4.69, 9.17) is 14.8 Å². The Labute approximate surface area is 320 Å². The SMILES string of the molecule is CC(C)C[C@H]1COc2ccc(cc2)C[C@H](NC(=O)c2ccc(=O)n(C)c2)C(=O)N[C@H](C)C(=O)N[C@H](Cc2ccccc2)c2nc(CC3CC3)nn2CC(=O)N1. The number of pyridine rings is 1. The van der Waals surface area contributed by atoms with Gasteiger partial charge in [0.05, 0.1) is 17.6 Å². The predicted molar refractivity (Wildman–Crippen MR) is 205 cm³/mol. The number of ether oxygens (including phenoxy) is 1. The number of benzene rings is 2. The van der Waals surface area contributed by atoms with E-state index in [1.54, 1.807) is 35.9 Å². The molecule has 4 aromatic rings. The van der Waals surface area contributed by atoms with Crippen LogP contribution in [0, 0.1) is 11.8 Å². The summed E-state index contributed by atoms with van der Waals surface area (Å²) in [5.41, 5.74) is 1.59. The molecule has 14 heteroatoms. The molecule has 0 unspecified atom stereocenters. The molecule has 2 aromatic carbocycles. The topological polar surface area (TPSA) is 178 Å². The molecule has 14 nitrogen and oxygen atoms in total. The first-order valence-corrected chi connectivity index (χ1v) is 19.0. The number of amides is 4. The van der Waals surface area contributed by atoms with Crippen molar-refractivity contribution in [1.82, 2.24) is 40.6 Å². The van der Waals surface area contributed by atoms with Gasteiger partial charge in [-0.05, 0) is 73.8 Å². The van der Waals surface area contributed by atoms with E-state index < -0.39 is 35.8 Å². The zero-order valence-corrected chi connectivity index (χ0v) is 31.8. The van der Waals surface area contributed by atoms with Crippen LogP contribution in [0.5, 0.6) is 5.75 Å². The lowest BCUT2D eigenvalue weighted by Crippen LogP contribution is -2.54. The van der Waals surface area contributed by atoms with Crippen LogP contribution in [0.25, 0.3) is 0 Å². The number of aryl methyl sites for hydroxylation is 1. The monoisotopic (exact) mass is 750 g/mol. The second-order valence-electron chi connectivity index (χ2n) is 15.1. The molecule has 1 aliphatic carbocycles. The number of carbonyl (C=O) groups excluding carboxylic acids is 4. The van der Waals surface area contributed by atoms with Gasteiger partial charge in [-0.3, -0.25) is 24.0 Å². The van der Waals surface area contributed by atoms with Crippen molar-refractivity contribution >= 4 is 23.6 Å². The lowest BCUT2D eigenvalue weighted by atomic mass is 10.0. The van der Waals surface area contributed by atoms with Gasteiger partial charge in [-0.2, -0.15) is 5.10 Å². The van der Waals surface area contributed by atoms with Gasteiger partial charge in [0.1, 0.15) is 31.0 Å². The van der Waals surface area contributed by atoms with E-state index in [2.05, 4.69) is 35.1 Å². The molecule has 0 saturated heterocycles. The van der Waals surface area contributed by atoms with Gasteiger partial charge in [0, 0.05) is 32.2 Å². The lowest BCUT2D eigenvalue weighted by molar-refractivity contribution is -0.130. The maximum atomic E-state index is 14.0. The minimum absolute atomic E-state index is 0.105. The van der Waals surface area contributed by atoms with Crippen molar-refractivity contribution in [3.05, 3.63) is 112 Å². The van der Waals surface area contributed by atoms with E-state index in [0.717, 1.165) is 24.0 Å². The molecule has 2 aliphatic heterocycles. The highest BCUT2D eigenvalue weighted by Crippen LogP contribution is 2.32. The summed E-state index contributed by atoms with van der Waals surface area (Å²) < 4.78 is 9.02. The Hall–Kier alpha value is -5.79. The second-order valence-corrected chi connectivity index (χ2v) is 15.1. The number of fused-ring (bicyclic) bond motifs is 14.